The van der Waals surface area contributed by atoms with E-state index < -0.39 is 0 Å². The summed E-state index contributed by atoms with van der Waals surface area (Å²) in [5, 5.41) is 5.13. The molecular weight excluding hydrogens is 709 g/mol. The number of rotatable bonds is 7. The highest BCUT2D eigenvalue weighted by molar-refractivity contribution is 7.25. The fraction of sp³-hybridized carbons (Fsp3) is 0. The lowest BCUT2D eigenvalue weighted by atomic mass is 10.00. The van der Waals surface area contributed by atoms with Crippen molar-refractivity contribution in [2.45, 2.75) is 0 Å². The summed E-state index contributed by atoms with van der Waals surface area (Å²) in [4.78, 5) is 2.38. The zero-order chi connectivity index (χ0) is 37.7. The lowest BCUT2D eigenvalue weighted by Crippen LogP contribution is -2.09. The predicted octanol–water partition coefficient (Wildman–Crippen LogP) is 15.6. The normalized spacial score (nSPS) is 11.5. The van der Waals surface area contributed by atoms with Crippen LogP contribution in [0.1, 0.15) is 0 Å². The van der Waals surface area contributed by atoms with Gasteiger partial charge in [0.2, 0.25) is 0 Å². The average molecular weight is 745 g/mol. The molecule has 0 aliphatic heterocycles. The lowest BCUT2D eigenvalue weighted by molar-refractivity contribution is 1.18. The maximum absolute atomic E-state index is 2.41. The van der Waals surface area contributed by atoms with Crippen molar-refractivity contribution >= 4 is 70.4 Å². The smallest absolute Gasteiger partial charge is 0.0541 e. The molecule has 9 aromatic carbocycles. The van der Waals surface area contributed by atoms with Crippen LogP contribution in [-0.2, 0) is 0 Å². The molecule has 0 aliphatic carbocycles. The van der Waals surface area contributed by atoms with Crippen molar-refractivity contribution < 1.29 is 0 Å². The van der Waals surface area contributed by atoms with Crippen LogP contribution >= 0.6 is 11.3 Å². The molecule has 2 aromatic heterocycles. The molecule has 0 amide bonds. The second-order valence-corrected chi connectivity index (χ2v) is 15.6. The minimum Gasteiger partial charge on any atom is -0.310 e. The Morgan fingerprint density at radius 1 is 0.316 bits per heavy atom. The van der Waals surface area contributed by atoms with E-state index in [-0.39, 0.29) is 0 Å². The summed E-state index contributed by atoms with van der Waals surface area (Å²) >= 11 is 1.86. The topological polar surface area (TPSA) is 8.17 Å². The lowest BCUT2D eigenvalue weighted by Gasteiger charge is -2.26. The van der Waals surface area contributed by atoms with Crippen molar-refractivity contribution in [1.82, 2.24) is 4.57 Å². The second-order valence-electron chi connectivity index (χ2n) is 14.5. The van der Waals surface area contributed by atoms with Gasteiger partial charge in [-0.05, 0) is 88.5 Å². The van der Waals surface area contributed by atoms with Crippen molar-refractivity contribution in [3.05, 3.63) is 218 Å². The number of aromatic nitrogens is 1. The molecular formula is C54H36N2S. The van der Waals surface area contributed by atoms with Gasteiger partial charge >= 0.3 is 0 Å². The number of thiophene rings is 1. The molecule has 0 saturated carbocycles. The third-order valence-corrected chi connectivity index (χ3v) is 12.4. The number of fused-ring (bicyclic) bond motifs is 6. The molecule has 11 rings (SSSR count). The summed E-state index contributed by atoms with van der Waals surface area (Å²) in [6, 6.07) is 79.3. The van der Waals surface area contributed by atoms with Crippen molar-refractivity contribution in [3.8, 4) is 39.1 Å². The first-order valence-corrected chi connectivity index (χ1v) is 20.2. The van der Waals surface area contributed by atoms with Gasteiger partial charge in [0.05, 0.1) is 16.7 Å². The maximum Gasteiger partial charge on any atom is 0.0541 e. The molecule has 0 fully saturated rings. The van der Waals surface area contributed by atoms with Gasteiger partial charge in [0.1, 0.15) is 0 Å². The Labute approximate surface area is 335 Å². The van der Waals surface area contributed by atoms with Crippen LogP contribution in [-0.4, -0.2) is 4.57 Å². The van der Waals surface area contributed by atoms with E-state index in [1.54, 1.807) is 0 Å². The number of hydrogen-bond acceptors (Lipinski definition) is 2. The van der Waals surface area contributed by atoms with E-state index in [0.717, 1.165) is 17.1 Å². The summed E-state index contributed by atoms with van der Waals surface area (Å²) in [7, 11) is 0. The predicted molar refractivity (Wildman–Crippen MR) is 245 cm³/mol. The van der Waals surface area contributed by atoms with Gasteiger partial charge in [-0.25, -0.2) is 0 Å². The molecule has 2 heterocycles. The average Bonchev–Trinajstić information content (AvgIpc) is 3.83. The maximum atomic E-state index is 2.41. The van der Waals surface area contributed by atoms with Crippen molar-refractivity contribution in [3.63, 3.8) is 0 Å². The standard InChI is InChI=1S/C54H36N2S/c1-2-12-37(13-3-1)38-22-24-39(25-23-38)40-26-30-42(31-27-40)55(44-34-35-49-48-17-7-11-21-53(48)57-54(49)36-44)43-32-28-41(29-33-43)45-14-4-8-18-50(45)56-51-19-9-5-15-46(51)47-16-6-10-20-52(47)56/h1-36H. The van der Waals surface area contributed by atoms with Crippen molar-refractivity contribution in [1.29, 1.82) is 0 Å². The fourth-order valence-electron chi connectivity index (χ4n) is 8.47. The molecule has 0 atom stereocenters. The van der Waals surface area contributed by atoms with E-state index in [0.29, 0.717) is 0 Å². The van der Waals surface area contributed by atoms with Gasteiger partial charge in [-0.3, -0.25) is 0 Å². The van der Waals surface area contributed by atoms with E-state index in [9.17, 15) is 0 Å². The first kappa shape index (κ1) is 33.2. The molecule has 57 heavy (non-hydrogen) atoms. The first-order valence-electron chi connectivity index (χ1n) is 19.4. The molecule has 11 aromatic rings. The van der Waals surface area contributed by atoms with Crippen LogP contribution in [0, 0.1) is 0 Å². The third-order valence-electron chi connectivity index (χ3n) is 11.2. The van der Waals surface area contributed by atoms with Gasteiger partial charge < -0.3 is 9.47 Å². The molecule has 3 heteroatoms. The van der Waals surface area contributed by atoms with E-state index in [1.165, 1.54) is 81.0 Å². The van der Waals surface area contributed by atoms with Crippen LogP contribution in [0.15, 0.2) is 218 Å². The van der Waals surface area contributed by atoms with Crippen LogP contribution < -0.4 is 4.90 Å². The van der Waals surface area contributed by atoms with E-state index >= 15 is 0 Å². The van der Waals surface area contributed by atoms with E-state index in [1.807, 2.05) is 11.3 Å². The second kappa shape index (κ2) is 13.8. The number of para-hydroxylation sites is 3. The summed E-state index contributed by atoms with van der Waals surface area (Å²) in [5.74, 6) is 0. The van der Waals surface area contributed by atoms with Gasteiger partial charge in [0, 0.05) is 53.6 Å². The van der Waals surface area contributed by atoms with E-state index in [2.05, 4.69) is 228 Å². The Morgan fingerprint density at radius 3 is 1.42 bits per heavy atom. The SMILES string of the molecule is c1ccc(-c2ccc(-c3ccc(N(c4ccc(-c5ccccc5-n5c6ccccc6c6ccccc65)cc4)c4ccc5c(c4)sc4ccccc45)cc3)cc2)cc1. The zero-order valence-corrected chi connectivity index (χ0v) is 31.9. The van der Waals surface area contributed by atoms with Crippen LogP contribution in [0.25, 0.3) is 81.0 Å². The molecule has 0 unspecified atom stereocenters. The fourth-order valence-corrected chi connectivity index (χ4v) is 9.61. The minimum absolute atomic E-state index is 1.11. The Hall–Kier alpha value is -7.20. The van der Waals surface area contributed by atoms with Crippen molar-refractivity contribution in [2.75, 3.05) is 4.90 Å². The highest BCUT2D eigenvalue weighted by Gasteiger charge is 2.18. The van der Waals surface area contributed by atoms with Gasteiger partial charge in [-0.1, -0.05) is 158 Å². The van der Waals surface area contributed by atoms with Crippen LogP contribution in [0.4, 0.5) is 17.1 Å². The number of hydrogen-bond donors (Lipinski definition) is 0. The van der Waals surface area contributed by atoms with Gasteiger partial charge in [0.25, 0.3) is 0 Å². The number of anilines is 3. The third kappa shape index (κ3) is 5.80. The Balaban J connectivity index is 0.997. The van der Waals surface area contributed by atoms with Gasteiger partial charge in [-0.2, -0.15) is 0 Å². The molecule has 0 spiro atoms. The molecule has 268 valence electrons. The van der Waals surface area contributed by atoms with Gasteiger partial charge in [-0.15, -0.1) is 11.3 Å². The summed E-state index contributed by atoms with van der Waals surface area (Å²) in [6.07, 6.45) is 0. The highest BCUT2D eigenvalue weighted by Crippen LogP contribution is 2.42. The quantitative estimate of drug-likeness (QED) is 0.158. The highest BCUT2D eigenvalue weighted by atomic mass is 32.1. The Kier molecular flexibility index (Phi) is 8.04. The Bertz CT molecular complexity index is 3160. The van der Waals surface area contributed by atoms with Crippen LogP contribution in [0.2, 0.25) is 0 Å². The van der Waals surface area contributed by atoms with Crippen LogP contribution in [0.5, 0.6) is 0 Å². The largest absolute Gasteiger partial charge is 0.310 e. The monoisotopic (exact) mass is 744 g/mol. The van der Waals surface area contributed by atoms with Crippen LogP contribution in [0.3, 0.4) is 0 Å². The van der Waals surface area contributed by atoms with Crippen molar-refractivity contribution in [2.24, 2.45) is 0 Å². The first-order chi connectivity index (χ1) is 28.3. The van der Waals surface area contributed by atoms with E-state index in [4.69, 9.17) is 0 Å². The number of nitrogens with zero attached hydrogens (tertiary/aromatic N) is 2. The zero-order valence-electron chi connectivity index (χ0n) is 31.1. The molecule has 0 saturated heterocycles. The summed E-state index contributed by atoms with van der Waals surface area (Å²) in [5.41, 5.74) is 14.1. The Morgan fingerprint density at radius 2 is 0.772 bits per heavy atom. The summed E-state index contributed by atoms with van der Waals surface area (Å²) in [6.45, 7) is 0. The summed E-state index contributed by atoms with van der Waals surface area (Å²) < 4.78 is 5.01. The molecule has 0 aliphatic rings. The molecule has 2 nitrogen and oxygen atoms in total. The molecule has 0 radical (unpaired) electrons. The minimum atomic E-state index is 1.11. The van der Waals surface area contributed by atoms with Gasteiger partial charge in [0.15, 0.2) is 0 Å². The molecule has 0 bridgehead atoms. The number of benzene rings is 9. The molecule has 0 N–H and O–H groups in total.